The summed E-state index contributed by atoms with van der Waals surface area (Å²) in [5.74, 6) is -6.71. The number of nitrogens with one attached hydrogen (secondary N) is 1. The molecule has 4 rings (SSSR count). The molecule has 23 heteroatoms. The molecule has 23 nitrogen and oxygen atoms in total. The van der Waals surface area contributed by atoms with Crippen molar-refractivity contribution in [3.8, 4) is 0 Å². The minimum atomic E-state index is -2.38. The Kier molecular flexibility index (Phi) is 26.9. The van der Waals surface area contributed by atoms with Gasteiger partial charge in [-0.05, 0) is 59.3 Å². The molecule has 0 aromatic carbocycles. The summed E-state index contributed by atoms with van der Waals surface area (Å²) in [6.07, 6.45) is -5.57. The van der Waals surface area contributed by atoms with Gasteiger partial charge in [-0.3, -0.25) is 14.8 Å². The molecule has 1 unspecified atom stereocenters. The lowest BCUT2D eigenvalue weighted by atomic mass is 9.82. The molecule has 4 aliphatic heterocycles. The number of esters is 1. The van der Waals surface area contributed by atoms with Crippen LogP contribution < -0.4 is 11.2 Å². The number of hydrogen-bond donors (Lipinski definition) is 15. The first-order valence-corrected chi connectivity index (χ1v) is 26.3. The number of fused-ring (bicyclic) bond motifs is 2. The summed E-state index contributed by atoms with van der Waals surface area (Å²) in [6, 6.07) is -1.17. The first-order chi connectivity index (χ1) is 35.9. The minimum absolute atomic E-state index is 0.179. The number of carbonyl (C=O) groups is 2. The molecule has 1 amide bonds. The van der Waals surface area contributed by atoms with Crippen molar-refractivity contribution in [2.24, 2.45) is 23.5 Å². The maximum atomic E-state index is 13.1. The quantitative estimate of drug-likeness (QED) is 0.0911. The second kappa shape index (κ2) is 31.4. The maximum Gasteiger partial charge on any atom is 0.308 e. The van der Waals surface area contributed by atoms with Gasteiger partial charge in [0.2, 0.25) is 0 Å². The summed E-state index contributed by atoms with van der Waals surface area (Å²) in [7, 11) is 0. The van der Waals surface area contributed by atoms with E-state index in [1.165, 1.54) is 25.4 Å². The van der Waals surface area contributed by atoms with Crippen LogP contribution in [0.15, 0.2) is 72.9 Å². The molecule has 76 heavy (non-hydrogen) atoms. The van der Waals surface area contributed by atoms with E-state index in [4.69, 9.17) is 34.2 Å². The van der Waals surface area contributed by atoms with E-state index in [0.717, 1.165) is 0 Å². The molecule has 3 saturated heterocycles. The van der Waals surface area contributed by atoms with E-state index in [0.29, 0.717) is 12.8 Å². The van der Waals surface area contributed by atoms with Gasteiger partial charge in [0.1, 0.15) is 30.5 Å². The Morgan fingerprint density at radius 3 is 1.86 bits per heavy atom. The zero-order valence-corrected chi connectivity index (χ0v) is 43.9. The van der Waals surface area contributed by atoms with E-state index in [-0.39, 0.29) is 38.0 Å². The Hall–Kier alpha value is -3.38. The summed E-state index contributed by atoms with van der Waals surface area (Å²) in [5, 5.41) is 140. The maximum absolute atomic E-state index is 13.1. The molecule has 24 atom stereocenters. The number of ether oxygens (including phenoxy) is 6. The van der Waals surface area contributed by atoms with Crippen LogP contribution in [0.1, 0.15) is 98.8 Å². The van der Waals surface area contributed by atoms with Crippen molar-refractivity contribution in [2.75, 3.05) is 0 Å². The smallest absolute Gasteiger partial charge is 0.308 e. The number of hydroxylamine groups is 1. The van der Waals surface area contributed by atoms with E-state index in [2.05, 4.69) is 0 Å². The van der Waals surface area contributed by atoms with Crippen LogP contribution in [0.4, 0.5) is 0 Å². The fourth-order valence-electron chi connectivity index (χ4n) is 9.72. The first-order valence-electron chi connectivity index (χ1n) is 26.3. The van der Waals surface area contributed by atoms with Gasteiger partial charge in [-0.2, -0.15) is 0 Å². The highest BCUT2D eigenvalue weighted by molar-refractivity contribution is 5.78. The first kappa shape index (κ1) is 65.1. The minimum Gasteiger partial charge on any atom is -0.462 e. The molecule has 2 bridgehead atoms. The predicted octanol–water partition coefficient (Wildman–Crippen LogP) is -0.792. The molecule has 16 N–H and O–H groups in total. The van der Waals surface area contributed by atoms with Gasteiger partial charge in [-0.25, -0.2) is 5.48 Å². The number of aliphatic hydroxyl groups excluding tert-OH is 11. The van der Waals surface area contributed by atoms with Crippen LogP contribution in [0.5, 0.6) is 0 Å². The topological polar surface area (TPSA) is 391 Å². The molecular weight excluding hydrogens is 1000 g/mol. The van der Waals surface area contributed by atoms with Crippen LogP contribution >= 0.6 is 0 Å². The number of aliphatic hydroxyl groups is 12. The molecule has 4 aliphatic rings. The van der Waals surface area contributed by atoms with Crippen LogP contribution in [-0.2, 0) is 38.0 Å². The van der Waals surface area contributed by atoms with Crippen molar-refractivity contribution in [1.82, 2.24) is 5.48 Å². The monoisotopic (exact) mass is 1090 g/mol. The summed E-state index contributed by atoms with van der Waals surface area (Å²) >= 11 is 0. The molecule has 3 fully saturated rings. The average Bonchev–Trinajstić information content (AvgIpc) is 3.35. The van der Waals surface area contributed by atoms with E-state index >= 15 is 0 Å². The predicted molar refractivity (Wildman–Crippen MR) is 271 cm³/mol. The van der Waals surface area contributed by atoms with Gasteiger partial charge >= 0.3 is 5.97 Å². The van der Waals surface area contributed by atoms with Gasteiger partial charge in [0, 0.05) is 31.1 Å². The third-order valence-corrected chi connectivity index (χ3v) is 14.4. The highest BCUT2D eigenvalue weighted by Gasteiger charge is 2.51. The number of carbonyl (C=O) groups excluding carboxylic acids is 2. The Balaban J connectivity index is 1.57. The molecule has 0 saturated carbocycles. The molecule has 0 radical (unpaired) electrons. The summed E-state index contributed by atoms with van der Waals surface area (Å²) in [5.41, 5.74) is 7.55. The Bertz CT molecular complexity index is 1940. The van der Waals surface area contributed by atoms with Crippen molar-refractivity contribution in [1.29, 1.82) is 0 Å². The molecule has 4 heterocycles. The molecule has 0 aromatic heterocycles. The van der Waals surface area contributed by atoms with Crippen LogP contribution in [-0.4, -0.2) is 207 Å². The number of cyclic esters (lactones) is 1. The van der Waals surface area contributed by atoms with Crippen LogP contribution in [0, 0.1) is 17.8 Å². The lowest BCUT2D eigenvalue weighted by Crippen LogP contribution is -2.62. The molecule has 434 valence electrons. The van der Waals surface area contributed by atoms with Gasteiger partial charge in [-0.15, -0.1) is 0 Å². The summed E-state index contributed by atoms with van der Waals surface area (Å²) < 4.78 is 35.6. The normalized spacial score (nSPS) is 46.5. The summed E-state index contributed by atoms with van der Waals surface area (Å²) in [4.78, 5) is 26.1. The number of allylic oxidation sites excluding steroid dienone is 10. The van der Waals surface area contributed by atoms with Crippen molar-refractivity contribution in [2.45, 2.75) is 227 Å². The van der Waals surface area contributed by atoms with Gasteiger partial charge in [0.25, 0.3) is 5.91 Å². The lowest BCUT2D eigenvalue weighted by Gasteiger charge is -2.46. The van der Waals surface area contributed by atoms with E-state index in [1.807, 2.05) is 43.4 Å². The van der Waals surface area contributed by atoms with E-state index < -0.39 is 171 Å². The standard InChI is InChI=1S/C53H86N2O21/c1-28-18-16-14-12-10-8-6-7-9-11-13-15-17-19-36(74-51-46(65)43(54)44(63)31(4)72-51)25-40-42(50(68)55-70)39(61)27-53(69,76-40)26-38(60)37(59)21-20-33(56)22-34(57)23-35(58)24-41(62)71-30(3)29(2)49(28)75-52-48(67)47(66)45(64)32(5)73-52/h6-7,9,11-19,28-40,42-49,51-52,56-61,63-67,69-70H,8,10,20-27,54H2,1-5H3,(H,55,68)/b7-6+,11-9+,14-12+,15-13+,18-16+,19-17+/t28-,29-,30-,31+,32-,33+,34+,35+,36-,37+,38+,39-,40-,42+,43-,44+,45+,46-,47+,48-,49+,51-,52?,53+/m0/s1. The summed E-state index contributed by atoms with van der Waals surface area (Å²) in [6.45, 7) is 8.29. The third-order valence-electron chi connectivity index (χ3n) is 14.4. The van der Waals surface area contributed by atoms with Crippen molar-refractivity contribution < 1.29 is 104 Å². The molecule has 0 spiro atoms. The van der Waals surface area contributed by atoms with Gasteiger partial charge in [0.15, 0.2) is 18.4 Å². The molecule has 0 aromatic rings. The highest BCUT2D eigenvalue weighted by Crippen LogP contribution is 2.38. The number of nitrogens with two attached hydrogens (primary N) is 1. The second-order valence-corrected chi connectivity index (χ2v) is 20.8. The van der Waals surface area contributed by atoms with Gasteiger partial charge in [0.05, 0.1) is 91.6 Å². The second-order valence-electron chi connectivity index (χ2n) is 20.8. The SMILES string of the molecule is C[C@@H]1[C@H](OC2O[C@@H](C)[C@@H](O)[C@@H](O)[C@@H]2O)[C@@H](C)/C=C/C=C/CC/C=C/C=C/C=C/C=C/[C@H](O[C@@H]2O[C@H](C)[C@@H](O)[C@H](N)[C@@H]2O)C[C@@H]2O[C@](O)(C[C@@H](O)[C@H](O)CC[C@@H](O)C[C@@H](O)C[C@@H](O)CC(=O)O[C@H]1C)C[C@H](O)[C@H]2C(=O)NO. The van der Waals surface area contributed by atoms with Crippen LogP contribution in [0.2, 0.25) is 0 Å². The Morgan fingerprint density at radius 1 is 0.632 bits per heavy atom. The Morgan fingerprint density at radius 2 is 1.20 bits per heavy atom. The highest BCUT2D eigenvalue weighted by atomic mass is 16.7. The fraction of sp³-hybridized carbons (Fsp3) is 0.736. The Labute approximate surface area is 444 Å². The van der Waals surface area contributed by atoms with Crippen molar-refractivity contribution in [3.63, 3.8) is 0 Å². The largest absolute Gasteiger partial charge is 0.462 e. The molecular formula is C53H86N2O21. The fourth-order valence-corrected chi connectivity index (χ4v) is 9.72. The van der Waals surface area contributed by atoms with Crippen molar-refractivity contribution in [3.05, 3.63) is 72.9 Å². The van der Waals surface area contributed by atoms with Gasteiger partial charge in [-0.1, -0.05) is 86.8 Å². The number of amides is 1. The third kappa shape index (κ3) is 19.8. The van der Waals surface area contributed by atoms with Crippen molar-refractivity contribution >= 4 is 11.9 Å². The van der Waals surface area contributed by atoms with Gasteiger partial charge < -0.3 is 95.4 Å². The zero-order chi connectivity index (χ0) is 56.4. The van der Waals surface area contributed by atoms with Crippen LogP contribution in [0.3, 0.4) is 0 Å². The van der Waals surface area contributed by atoms with E-state index in [9.17, 15) is 76.1 Å². The number of rotatable bonds is 5. The van der Waals surface area contributed by atoms with Crippen LogP contribution in [0.25, 0.3) is 0 Å². The molecule has 0 aliphatic carbocycles. The average molecular weight is 1090 g/mol. The lowest BCUT2D eigenvalue weighted by molar-refractivity contribution is -0.312. The zero-order valence-electron chi connectivity index (χ0n) is 43.9. The van der Waals surface area contributed by atoms with E-state index in [1.54, 1.807) is 44.2 Å². The number of hydrogen-bond acceptors (Lipinski definition) is 22.